The summed E-state index contributed by atoms with van der Waals surface area (Å²) in [4.78, 5) is 56.1. The number of thiazole rings is 1. The Kier molecular flexibility index (Phi) is 8.29. The lowest BCUT2D eigenvalue weighted by Gasteiger charge is -2.30. The Bertz CT molecular complexity index is 1890. The number of benzene rings is 3. The van der Waals surface area contributed by atoms with Gasteiger partial charge in [0, 0.05) is 16.5 Å². The third-order valence-electron chi connectivity index (χ3n) is 7.39. The highest BCUT2D eigenvalue weighted by Gasteiger charge is 2.56. The third-order valence-corrected chi connectivity index (χ3v) is 9.79. The zero-order valence-corrected chi connectivity index (χ0v) is 25.4. The molecule has 3 aromatic carbocycles. The van der Waals surface area contributed by atoms with Crippen molar-refractivity contribution in [2.24, 2.45) is 5.92 Å². The van der Waals surface area contributed by atoms with Crippen molar-refractivity contribution >= 4 is 52.2 Å². The number of carbonyl (C=O) groups is 3. The van der Waals surface area contributed by atoms with E-state index < -0.39 is 46.5 Å². The van der Waals surface area contributed by atoms with Gasteiger partial charge in [-0.15, -0.1) is 0 Å². The predicted molar refractivity (Wildman–Crippen MR) is 164 cm³/mol. The summed E-state index contributed by atoms with van der Waals surface area (Å²) >= 11 is 1.89. The van der Waals surface area contributed by atoms with Gasteiger partial charge in [-0.3, -0.25) is 19.2 Å². The number of anilines is 2. The van der Waals surface area contributed by atoms with E-state index >= 15 is 0 Å². The number of hydrogen-bond donors (Lipinski definition) is 3. The summed E-state index contributed by atoms with van der Waals surface area (Å²) in [6.45, 7) is 1.58. The third kappa shape index (κ3) is 5.95. The summed E-state index contributed by atoms with van der Waals surface area (Å²) in [6.07, 6.45) is -4.68. The molecule has 4 aromatic rings. The van der Waals surface area contributed by atoms with Gasteiger partial charge < -0.3 is 24.9 Å². The summed E-state index contributed by atoms with van der Waals surface area (Å²) in [6, 6.07) is 14.7. The number of hydrogen-bond acceptors (Lipinski definition) is 9. The molecule has 3 N–H and O–H groups in total. The van der Waals surface area contributed by atoms with Crippen LogP contribution in [0.5, 0.6) is 17.2 Å². The van der Waals surface area contributed by atoms with E-state index in [0.29, 0.717) is 21.2 Å². The fourth-order valence-corrected chi connectivity index (χ4v) is 7.96. The number of nitrogens with one attached hydrogen (secondary N) is 2. The second-order valence-corrected chi connectivity index (χ2v) is 12.5. The average molecular weight is 672 g/mol. The first-order chi connectivity index (χ1) is 21.9. The number of fused-ring (bicyclic) bond motifs is 2. The van der Waals surface area contributed by atoms with Crippen molar-refractivity contribution in [3.63, 3.8) is 0 Å². The molecule has 46 heavy (non-hydrogen) atoms. The van der Waals surface area contributed by atoms with E-state index in [2.05, 4.69) is 10.3 Å². The number of ether oxygens (including phenoxy) is 2. The molecule has 0 radical (unpaired) electrons. The predicted octanol–water partition coefficient (Wildman–Crippen LogP) is 5.37. The largest absolute Gasteiger partial charge is 0.508 e. The number of nitrogens with zero attached hydrogens (tertiary/aromatic N) is 1. The van der Waals surface area contributed by atoms with Gasteiger partial charge in [-0.05, 0) is 67.1 Å². The van der Waals surface area contributed by atoms with Crippen LogP contribution in [-0.2, 0) is 20.6 Å². The number of carbonyl (C=O) groups excluding carboxylic acids is 3. The maximum Gasteiger partial charge on any atom is 0.416 e. The van der Waals surface area contributed by atoms with Crippen LogP contribution in [-0.4, -0.2) is 46.3 Å². The van der Waals surface area contributed by atoms with Gasteiger partial charge in [0.2, 0.25) is 11.8 Å². The molecule has 1 saturated heterocycles. The number of halogens is 3. The molecule has 1 fully saturated rings. The van der Waals surface area contributed by atoms with E-state index in [9.17, 15) is 37.5 Å². The van der Waals surface area contributed by atoms with E-state index in [1.165, 1.54) is 30.3 Å². The molecule has 0 spiro atoms. The fourth-order valence-electron chi connectivity index (χ4n) is 5.44. The van der Waals surface area contributed by atoms with Crippen molar-refractivity contribution in [3.8, 4) is 17.2 Å². The van der Waals surface area contributed by atoms with Gasteiger partial charge in [-0.2, -0.15) is 13.2 Å². The van der Waals surface area contributed by atoms with Crippen LogP contribution in [0.4, 0.5) is 24.5 Å². The highest BCUT2D eigenvalue weighted by atomic mass is 32.2. The SMILES string of the molecule is CCOc1cc([C@@H]2c3sc(=O)[nH]c3S[C@H]3C(=O)N(c4cccc(C(F)(F)F)c4)C(=O)[C@@H]23)ccc1OCC(=O)Nc1ccc(O)cc1. The van der Waals surface area contributed by atoms with Crippen LogP contribution in [0.15, 0.2) is 76.6 Å². The number of imide groups is 1. The second kappa shape index (κ2) is 12.2. The fraction of sp³-hybridized carbons (Fsp3) is 0.226. The molecule has 2 aliphatic heterocycles. The lowest BCUT2D eigenvalue weighted by atomic mass is 9.83. The number of rotatable bonds is 8. The highest BCUT2D eigenvalue weighted by Crippen LogP contribution is 2.54. The number of amides is 3. The monoisotopic (exact) mass is 671 g/mol. The zero-order chi connectivity index (χ0) is 32.7. The molecule has 1 aromatic heterocycles. The molecule has 15 heteroatoms. The van der Waals surface area contributed by atoms with Crippen LogP contribution in [0.25, 0.3) is 0 Å². The molecule has 10 nitrogen and oxygen atoms in total. The quantitative estimate of drug-likeness (QED) is 0.168. The van der Waals surface area contributed by atoms with Gasteiger partial charge in [0.05, 0.1) is 28.8 Å². The van der Waals surface area contributed by atoms with E-state index in [1.807, 2.05) is 0 Å². The minimum Gasteiger partial charge on any atom is -0.508 e. The number of phenolic OH excluding ortho intramolecular Hbond substituents is 1. The van der Waals surface area contributed by atoms with Crippen molar-refractivity contribution in [1.29, 1.82) is 0 Å². The zero-order valence-electron chi connectivity index (χ0n) is 23.8. The highest BCUT2D eigenvalue weighted by molar-refractivity contribution is 8.00. The molecule has 2 aliphatic rings. The Morgan fingerprint density at radius 3 is 2.48 bits per heavy atom. The minimum atomic E-state index is -4.68. The topological polar surface area (TPSA) is 138 Å². The maximum absolute atomic E-state index is 13.9. The maximum atomic E-state index is 13.9. The molecule has 6 rings (SSSR count). The summed E-state index contributed by atoms with van der Waals surface area (Å²) in [5, 5.41) is 11.5. The summed E-state index contributed by atoms with van der Waals surface area (Å²) in [5.41, 5.74) is -0.238. The van der Waals surface area contributed by atoms with Crippen molar-refractivity contribution in [1.82, 2.24) is 4.98 Å². The Morgan fingerprint density at radius 2 is 1.76 bits per heavy atom. The van der Waals surface area contributed by atoms with E-state index in [0.717, 1.165) is 46.2 Å². The Balaban J connectivity index is 1.32. The van der Waals surface area contributed by atoms with Crippen LogP contribution < -0.4 is 24.6 Å². The number of alkyl halides is 3. The molecule has 0 unspecified atom stereocenters. The number of aromatic nitrogens is 1. The Hall–Kier alpha value is -4.76. The van der Waals surface area contributed by atoms with Gasteiger partial charge >= 0.3 is 11.0 Å². The van der Waals surface area contributed by atoms with Gasteiger partial charge in [0.25, 0.3) is 5.91 Å². The van der Waals surface area contributed by atoms with Gasteiger partial charge in [0.15, 0.2) is 18.1 Å². The first kappa shape index (κ1) is 31.2. The molecule has 3 atom stereocenters. The number of aromatic hydroxyl groups is 1. The molecule has 0 aliphatic carbocycles. The van der Waals surface area contributed by atoms with Gasteiger partial charge in [-0.25, -0.2) is 4.90 Å². The van der Waals surface area contributed by atoms with Crippen molar-refractivity contribution in [3.05, 3.63) is 92.4 Å². The van der Waals surface area contributed by atoms with Crippen LogP contribution in [0, 0.1) is 5.92 Å². The van der Waals surface area contributed by atoms with E-state index in [1.54, 1.807) is 25.1 Å². The standard InChI is InChI=1S/C31H24F3N3O7S2/c1-2-43-21-12-15(6-11-20(21)44-14-22(39)35-17-7-9-19(38)10-8-17)23-24-26(45-27-25(23)46-30(42)36-27)29(41)37(28(24)40)18-5-3-4-16(13-18)31(32,33)34/h3-13,23-24,26,38H,2,14H2,1H3,(H,35,39)(H,36,42)/t23-,24-,26+/m0/s1. The molecule has 238 valence electrons. The number of thioether (sulfide) groups is 1. The molecule has 0 saturated carbocycles. The van der Waals surface area contributed by atoms with E-state index in [4.69, 9.17) is 9.47 Å². The van der Waals surface area contributed by atoms with Crippen LogP contribution in [0.1, 0.15) is 28.8 Å². The first-order valence-electron chi connectivity index (χ1n) is 13.9. The smallest absolute Gasteiger partial charge is 0.416 e. The van der Waals surface area contributed by atoms with Crippen LogP contribution >= 0.6 is 23.1 Å². The van der Waals surface area contributed by atoms with Crippen molar-refractivity contribution < 1.29 is 42.1 Å². The summed E-state index contributed by atoms with van der Waals surface area (Å²) in [5.74, 6) is -3.21. The molecular formula is C31H24F3N3O7S2. The van der Waals surface area contributed by atoms with Gasteiger partial charge in [-0.1, -0.05) is 35.2 Å². The van der Waals surface area contributed by atoms with E-state index in [-0.39, 0.29) is 41.0 Å². The normalized spacial score (nSPS) is 19.0. The number of H-pyrrole nitrogens is 1. The summed E-state index contributed by atoms with van der Waals surface area (Å²) < 4.78 is 51.9. The lowest BCUT2D eigenvalue weighted by molar-refractivity contribution is -0.137. The number of aromatic amines is 1. The Morgan fingerprint density at radius 1 is 1.00 bits per heavy atom. The lowest BCUT2D eigenvalue weighted by Crippen LogP contribution is -2.32. The second-order valence-electron chi connectivity index (χ2n) is 10.3. The Labute approximate surface area is 267 Å². The van der Waals surface area contributed by atoms with Gasteiger partial charge in [0.1, 0.15) is 11.0 Å². The average Bonchev–Trinajstić information content (AvgIpc) is 3.51. The molecule has 3 heterocycles. The first-order valence-corrected chi connectivity index (χ1v) is 15.6. The van der Waals surface area contributed by atoms with Crippen molar-refractivity contribution in [2.45, 2.75) is 29.3 Å². The molecule has 3 amide bonds. The van der Waals surface area contributed by atoms with Crippen LogP contribution in [0.2, 0.25) is 0 Å². The van der Waals surface area contributed by atoms with Crippen molar-refractivity contribution in [2.75, 3.05) is 23.4 Å². The molecular weight excluding hydrogens is 647 g/mol. The molecule has 0 bridgehead atoms. The summed E-state index contributed by atoms with van der Waals surface area (Å²) in [7, 11) is 0. The number of phenols is 1. The minimum absolute atomic E-state index is 0.0460. The van der Waals surface area contributed by atoms with Crippen LogP contribution in [0.3, 0.4) is 0 Å².